The lowest BCUT2D eigenvalue weighted by atomic mass is 9.35. The maximum atomic E-state index is 11.6. The van der Waals surface area contributed by atoms with E-state index in [1.54, 1.807) is 0 Å². The van der Waals surface area contributed by atoms with Gasteiger partial charge in [-0.3, -0.25) is 0 Å². The summed E-state index contributed by atoms with van der Waals surface area (Å²) in [5, 5.41) is 11.6. The summed E-state index contributed by atoms with van der Waals surface area (Å²) >= 11 is 0. The molecule has 0 saturated heterocycles. The molecule has 27 heavy (non-hydrogen) atoms. The van der Waals surface area contributed by atoms with Crippen LogP contribution in [-0.2, 0) is 11.8 Å². The predicted octanol–water partition coefficient (Wildman–Crippen LogP) is 6.11. The molecule has 0 unspecified atom stereocenters. The molecule has 150 valence electrons. The van der Waals surface area contributed by atoms with E-state index in [2.05, 4.69) is 34.6 Å². The highest BCUT2D eigenvalue weighted by molar-refractivity contribution is 5.38. The zero-order valence-corrected chi connectivity index (χ0v) is 18.0. The molecular formula is C25H38O2. The van der Waals surface area contributed by atoms with Gasteiger partial charge in [-0.2, -0.15) is 0 Å². The van der Waals surface area contributed by atoms with Crippen molar-refractivity contribution in [3.63, 3.8) is 0 Å². The van der Waals surface area contributed by atoms with E-state index in [4.69, 9.17) is 4.42 Å². The Balaban J connectivity index is 1.61. The summed E-state index contributed by atoms with van der Waals surface area (Å²) in [6.07, 6.45) is 13.7. The number of aryl methyl sites for hydroxylation is 1. The van der Waals surface area contributed by atoms with Crippen LogP contribution in [0.5, 0.6) is 0 Å². The lowest BCUT2D eigenvalue weighted by Crippen LogP contribution is -2.66. The Morgan fingerprint density at radius 1 is 0.889 bits per heavy atom. The molecule has 0 spiro atoms. The molecule has 0 aliphatic heterocycles. The Morgan fingerprint density at radius 2 is 1.63 bits per heavy atom. The third-order valence-corrected chi connectivity index (χ3v) is 10.5. The molecule has 0 amide bonds. The second-order valence-electron chi connectivity index (χ2n) is 11.9. The van der Waals surface area contributed by atoms with Crippen LogP contribution < -0.4 is 0 Å². The van der Waals surface area contributed by atoms with E-state index in [1.807, 2.05) is 12.5 Å². The molecule has 0 radical (unpaired) electrons. The fourth-order valence-electron chi connectivity index (χ4n) is 9.31. The van der Waals surface area contributed by atoms with Gasteiger partial charge in [0.15, 0.2) is 0 Å². The average Bonchev–Trinajstić information content (AvgIpc) is 3.06. The maximum Gasteiger partial charge on any atom is 0.0944 e. The third kappa shape index (κ3) is 2.12. The molecule has 1 heterocycles. The zero-order chi connectivity index (χ0) is 19.2. The molecule has 0 aromatic carbocycles. The normalized spacial score (nSPS) is 50.9. The maximum absolute atomic E-state index is 11.6. The van der Waals surface area contributed by atoms with Crippen molar-refractivity contribution in [3.05, 3.63) is 23.7 Å². The van der Waals surface area contributed by atoms with Crippen molar-refractivity contribution in [2.75, 3.05) is 0 Å². The highest BCUT2D eigenvalue weighted by Crippen LogP contribution is 2.72. The largest absolute Gasteiger partial charge is 0.472 e. The van der Waals surface area contributed by atoms with Crippen LogP contribution >= 0.6 is 0 Å². The first kappa shape index (κ1) is 18.3. The van der Waals surface area contributed by atoms with E-state index in [1.165, 1.54) is 49.7 Å². The second-order valence-corrected chi connectivity index (χ2v) is 11.9. The van der Waals surface area contributed by atoms with Crippen LogP contribution in [0.15, 0.2) is 16.9 Å². The summed E-state index contributed by atoms with van der Waals surface area (Å²) in [6, 6.07) is 0. The minimum atomic E-state index is -0.252. The molecule has 2 nitrogen and oxygen atoms in total. The van der Waals surface area contributed by atoms with Crippen LogP contribution in [0.1, 0.15) is 90.7 Å². The number of furan rings is 1. The molecule has 1 N–H and O–H groups in total. The van der Waals surface area contributed by atoms with Crippen molar-refractivity contribution < 1.29 is 9.52 Å². The Labute approximate surface area is 165 Å². The van der Waals surface area contributed by atoms with Crippen LogP contribution in [-0.4, -0.2) is 11.2 Å². The fourth-order valence-corrected chi connectivity index (χ4v) is 9.31. The molecular weight excluding hydrogens is 332 g/mol. The number of hydrogen-bond acceptors (Lipinski definition) is 2. The molecule has 1 aromatic heterocycles. The third-order valence-electron chi connectivity index (χ3n) is 10.5. The molecule has 4 aliphatic rings. The van der Waals surface area contributed by atoms with Gasteiger partial charge in [-0.1, -0.05) is 41.0 Å². The molecule has 0 bridgehead atoms. The van der Waals surface area contributed by atoms with Crippen molar-refractivity contribution in [2.24, 2.45) is 34.0 Å². The van der Waals surface area contributed by atoms with Crippen molar-refractivity contribution in [2.45, 2.75) is 97.5 Å². The Bertz CT molecular complexity index is 747. The van der Waals surface area contributed by atoms with Crippen molar-refractivity contribution >= 4 is 0 Å². The van der Waals surface area contributed by atoms with Gasteiger partial charge < -0.3 is 9.52 Å². The zero-order valence-electron chi connectivity index (χ0n) is 18.0. The van der Waals surface area contributed by atoms with Gasteiger partial charge in [0.05, 0.1) is 18.6 Å². The molecule has 1 aromatic rings. The number of hydrogen-bond donors (Lipinski definition) is 1. The lowest BCUT2D eigenvalue weighted by molar-refractivity contribution is -0.207. The predicted molar refractivity (Wildman–Crippen MR) is 109 cm³/mol. The van der Waals surface area contributed by atoms with Gasteiger partial charge in [0.25, 0.3) is 0 Å². The number of aliphatic hydroxyl groups is 1. The highest BCUT2D eigenvalue weighted by atomic mass is 16.3. The standard InChI is InChI=1S/C25H38O2/c1-22(2)10-6-11-23(3)18(22)9-12-24(4)19-8-7-16-14-27-15-17(16)25(19,5)21(26)13-20(23)24/h14-15,18-21,26H,6-13H2,1-5H3/t18-,19-,20+,21+,23-,24-,25-/m0/s1. The average molecular weight is 371 g/mol. The van der Waals surface area contributed by atoms with Crippen LogP contribution in [0.2, 0.25) is 0 Å². The van der Waals surface area contributed by atoms with Crippen LogP contribution in [0, 0.1) is 34.0 Å². The molecule has 7 atom stereocenters. The van der Waals surface area contributed by atoms with Gasteiger partial charge in [-0.05, 0) is 84.5 Å². The summed E-state index contributed by atoms with van der Waals surface area (Å²) in [5.41, 5.74) is 3.68. The van der Waals surface area contributed by atoms with Gasteiger partial charge in [-0.15, -0.1) is 0 Å². The van der Waals surface area contributed by atoms with Crippen LogP contribution in [0.3, 0.4) is 0 Å². The first-order valence-electron chi connectivity index (χ1n) is 11.4. The Hall–Kier alpha value is -0.760. The van der Waals surface area contributed by atoms with Gasteiger partial charge in [0, 0.05) is 11.0 Å². The van der Waals surface area contributed by atoms with E-state index < -0.39 is 0 Å². The Morgan fingerprint density at radius 3 is 2.41 bits per heavy atom. The van der Waals surface area contributed by atoms with Gasteiger partial charge in [0.2, 0.25) is 0 Å². The topological polar surface area (TPSA) is 33.4 Å². The summed E-state index contributed by atoms with van der Waals surface area (Å²) < 4.78 is 5.62. The summed E-state index contributed by atoms with van der Waals surface area (Å²) in [6.45, 7) is 12.6. The summed E-state index contributed by atoms with van der Waals surface area (Å²) in [5.74, 6) is 2.01. The minimum absolute atomic E-state index is 0.140. The second kappa shape index (κ2) is 5.43. The van der Waals surface area contributed by atoms with E-state index in [9.17, 15) is 5.11 Å². The monoisotopic (exact) mass is 370 g/mol. The van der Waals surface area contributed by atoms with Crippen LogP contribution in [0.25, 0.3) is 0 Å². The quantitative estimate of drug-likeness (QED) is 0.597. The Kier molecular flexibility index (Phi) is 3.68. The van der Waals surface area contributed by atoms with E-state index in [0.29, 0.717) is 28.1 Å². The van der Waals surface area contributed by atoms with Gasteiger partial charge >= 0.3 is 0 Å². The molecule has 3 saturated carbocycles. The van der Waals surface area contributed by atoms with E-state index in [0.717, 1.165) is 18.8 Å². The minimum Gasteiger partial charge on any atom is -0.472 e. The van der Waals surface area contributed by atoms with Gasteiger partial charge in [-0.25, -0.2) is 0 Å². The molecule has 4 aliphatic carbocycles. The highest BCUT2D eigenvalue weighted by Gasteiger charge is 2.67. The first-order chi connectivity index (χ1) is 12.6. The molecule has 3 fully saturated rings. The summed E-state index contributed by atoms with van der Waals surface area (Å²) in [7, 11) is 0. The first-order valence-corrected chi connectivity index (χ1v) is 11.4. The van der Waals surface area contributed by atoms with Gasteiger partial charge in [0.1, 0.15) is 0 Å². The fraction of sp³-hybridized carbons (Fsp3) is 0.840. The number of aliphatic hydroxyl groups excluding tert-OH is 1. The van der Waals surface area contributed by atoms with Crippen molar-refractivity contribution in [1.29, 1.82) is 0 Å². The number of rotatable bonds is 0. The van der Waals surface area contributed by atoms with E-state index >= 15 is 0 Å². The molecule has 2 heteroatoms. The van der Waals surface area contributed by atoms with Crippen LogP contribution in [0.4, 0.5) is 0 Å². The summed E-state index contributed by atoms with van der Waals surface area (Å²) in [4.78, 5) is 0. The van der Waals surface area contributed by atoms with E-state index in [-0.39, 0.29) is 11.5 Å². The SMILES string of the molecule is CC1(C)CCC[C@]2(C)[C@H]3C[C@@H](O)[C@@]4(C)c5cocc5CC[C@H]4[C@]3(C)CC[C@@H]12. The van der Waals surface area contributed by atoms with Crippen molar-refractivity contribution in [1.82, 2.24) is 0 Å². The van der Waals surface area contributed by atoms with Crippen molar-refractivity contribution in [3.8, 4) is 0 Å². The molecule has 5 rings (SSSR count). The lowest BCUT2D eigenvalue weighted by Gasteiger charge is -2.69. The number of fused-ring (bicyclic) bond motifs is 7. The smallest absolute Gasteiger partial charge is 0.0944 e.